The molecule has 63 heavy (non-hydrogen) atoms. The summed E-state index contributed by atoms with van der Waals surface area (Å²) in [6, 6.07) is 20.2. The molecule has 0 saturated heterocycles. The number of ether oxygens (including phenoxy) is 4. The molecule has 0 aliphatic rings. The fourth-order valence-corrected chi connectivity index (χ4v) is 12.7. The minimum absolute atomic E-state index is 0.0359. The molecule has 13 nitrogen and oxygen atoms in total. The van der Waals surface area contributed by atoms with Gasteiger partial charge in [-0.1, -0.05) is 0 Å². The average Bonchev–Trinajstić information content (AvgIpc) is 3.20. The summed E-state index contributed by atoms with van der Waals surface area (Å²) >= 11 is 0. The van der Waals surface area contributed by atoms with Gasteiger partial charge < -0.3 is 18.9 Å². The molecule has 0 atom stereocenters. The van der Waals surface area contributed by atoms with Crippen LogP contribution in [0.1, 0.15) is 44.5 Å². The molecule has 0 saturated carbocycles. The molecule has 0 radical (unpaired) electrons. The maximum absolute atomic E-state index is 13.8. The summed E-state index contributed by atoms with van der Waals surface area (Å²) in [6.07, 6.45) is 0. The van der Waals surface area contributed by atoms with Gasteiger partial charge in [0.2, 0.25) is 29.5 Å². The summed E-state index contributed by atoms with van der Waals surface area (Å²) in [5, 5.41) is 0. The van der Waals surface area contributed by atoms with E-state index in [1.165, 1.54) is 74.9 Å². The summed E-state index contributed by atoms with van der Waals surface area (Å²) in [5.74, 6) is 1.47. The van der Waals surface area contributed by atoms with Crippen LogP contribution in [0, 0.1) is 55.4 Å². The molecule has 0 bridgehead atoms. The number of benzene rings is 6. The van der Waals surface area contributed by atoms with Crippen LogP contribution in [0.15, 0.2) is 125 Å². The minimum atomic E-state index is -5.07. The third-order valence-electron chi connectivity index (χ3n) is 10.5. The SMILES string of the molecule is COc1c(C)cc(S(=O)(=O)c2cc(C)c(Oc3ccc(S(=O)(=O)c4ccc(Oc5c(C)cc(S(=O)(=O)c6cc(C)c(OC)c(C)c6)cc5C)c(S(=O)(=O)O)c4)cc3)c(C)c2)cc1C. The molecule has 17 heteroatoms. The third-order valence-corrected chi connectivity index (χ3v) is 16.5. The summed E-state index contributed by atoms with van der Waals surface area (Å²) < 4.78 is 141. The monoisotopic (exact) mass is 934 g/mol. The number of aryl methyl sites for hydroxylation is 8. The summed E-state index contributed by atoms with van der Waals surface area (Å²) in [5.41, 5.74) is 4.29. The molecule has 6 rings (SSSR count). The van der Waals surface area contributed by atoms with Crippen molar-refractivity contribution in [1.82, 2.24) is 0 Å². The third kappa shape index (κ3) is 9.06. The van der Waals surface area contributed by atoms with Crippen LogP contribution in [-0.4, -0.2) is 52.4 Å². The van der Waals surface area contributed by atoms with E-state index in [4.69, 9.17) is 18.9 Å². The van der Waals surface area contributed by atoms with Crippen LogP contribution in [0.5, 0.6) is 34.5 Å². The second kappa shape index (κ2) is 17.1. The van der Waals surface area contributed by atoms with Crippen molar-refractivity contribution in [3.63, 3.8) is 0 Å². The van der Waals surface area contributed by atoms with E-state index in [9.17, 15) is 38.2 Å². The Labute approximate surface area is 368 Å². The zero-order valence-corrected chi connectivity index (χ0v) is 39.4. The van der Waals surface area contributed by atoms with Gasteiger partial charge in [0, 0.05) is 0 Å². The molecular formula is C46H46O13S4. The Kier molecular flexibility index (Phi) is 12.7. The first-order chi connectivity index (χ1) is 29.3. The lowest BCUT2D eigenvalue weighted by Gasteiger charge is -2.17. The first kappa shape index (κ1) is 46.8. The molecule has 0 heterocycles. The van der Waals surface area contributed by atoms with Crippen molar-refractivity contribution >= 4 is 39.6 Å². The van der Waals surface area contributed by atoms with Gasteiger partial charge in [0.25, 0.3) is 10.1 Å². The first-order valence-electron chi connectivity index (χ1n) is 19.2. The van der Waals surface area contributed by atoms with Crippen LogP contribution in [0.2, 0.25) is 0 Å². The van der Waals surface area contributed by atoms with Crippen molar-refractivity contribution in [2.24, 2.45) is 0 Å². The van der Waals surface area contributed by atoms with Crippen molar-refractivity contribution in [3.8, 4) is 34.5 Å². The molecule has 0 spiro atoms. The number of rotatable bonds is 13. The standard InChI is InChI=1S/C46H46O13S4/c1-26-17-37(18-27(2)43(26)56-9)61(49,50)39-21-30(5)45(31(6)22-39)58-34-11-13-35(14-12-34)60(47,48)36-15-16-41(42(25-36)63(53,54)55)59-46-32(7)23-40(24-33(46)8)62(51,52)38-19-28(3)44(57-10)29(4)20-38/h11-25H,1-10H3,(H,53,54,55). The van der Waals surface area contributed by atoms with Crippen molar-refractivity contribution < 1.29 is 57.2 Å². The Balaban J connectivity index is 1.25. The van der Waals surface area contributed by atoms with Gasteiger partial charge in [-0.05, 0) is 191 Å². The quantitative estimate of drug-likeness (QED) is 0.108. The number of sulfone groups is 3. The van der Waals surface area contributed by atoms with Crippen LogP contribution >= 0.6 is 0 Å². The average molecular weight is 935 g/mol. The number of hydrogen-bond acceptors (Lipinski definition) is 12. The normalized spacial score (nSPS) is 12.2. The van der Waals surface area contributed by atoms with E-state index in [1.807, 2.05) is 0 Å². The van der Waals surface area contributed by atoms with E-state index in [0.717, 1.165) is 18.2 Å². The van der Waals surface area contributed by atoms with E-state index in [1.54, 1.807) is 67.5 Å². The molecule has 0 fully saturated rings. The lowest BCUT2D eigenvalue weighted by Crippen LogP contribution is -2.08. The topological polar surface area (TPSA) is 194 Å². The smallest absolute Gasteiger partial charge is 0.298 e. The first-order valence-corrected chi connectivity index (χ1v) is 25.1. The van der Waals surface area contributed by atoms with Gasteiger partial charge in [-0.15, -0.1) is 0 Å². The van der Waals surface area contributed by atoms with E-state index >= 15 is 0 Å². The Hall–Kier alpha value is -5.72. The van der Waals surface area contributed by atoms with Crippen molar-refractivity contribution in [3.05, 3.63) is 136 Å². The maximum Gasteiger partial charge on any atom is 0.298 e. The van der Waals surface area contributed by atoms with Crippen molar-refractivity contribution in [1.29, 1.82) is 0 Å². The zero-order chi connectivity index (χ0) is 46.6. The van der Waals surface area contributed by atoms with Gasteiger partial charge in [0.05, 0.1) is 43.6 Å². The van der Waals surface area contributed by atoms with Crippen LogP contribution in [0.25, 0.3) is 0 Å². The highest BCUT2D eigenvalue weighted by Crippen LogP contribution is 2.40. The van der Waals surface area contributed by atoms with E-state index in [0.29, 0.717) is 61.8 Å². The van der Waals surface area contributed by atoms with Gasteiger partial charge in [-0.2, -0.15) is 8.42 Å². The molecule has 6 aromatic rings. The minimum Gasteiger partial charge on any atom is -0.496 e. The van der Waals surface area contributed by atoms with Crippen LogP contribution in [-0.2, 0) is 39.6 Å². The van der Waals surface area contributed by atoms with Crippen LogP contribution in [0.4, 0.5) is 0 Å². The number of hydrogen-bond donors (Lipinski definition) is 1. The van der Waals surface area contributed by atoms with Crippen LogP contribution < -0.4 is 18.9 Å². The highest BCUT2D eigenvalue weighted by atomic mass is 32.2. The summed E-state index contributed by atoms with van der Waals surface area (Å²) in [6.45, 7) is 13.5. The van der Waals surface area contributed by atoms with Crippen molar-refractivity contribution in [2.45, 2.75) is 89.7 Å². The largest absolute Gasteiger partial charge is 0.496 e. The second-order valence-corrected chi connectivity index (χ2v) is 22.5. The van der Waals surface area contributed by atoms with Gasteiger partial charge in [0.15, 0.2) is 0 Å². The van der Waals surface area contributed by atoms with Gasteiger partial charge in [-0.3, -0.25) is 4.55 Å². The maximum atomic E-state index is 13.8. The molecule has 0 aliphatic carbocycles. The molecule has 0 aliphatic heterocycles. The fourth-order valence-electron chi connectivity index (χ4n) is 7.49. The number of methoxy groups -OCH3 is 2. The van der Waals surface area contributed by atoms with Gasteiger partial charge in [0.1, 0.15) is 39.4 Å². The Morgan fingerprint density at radius 2 is 0.667 bits per heavy atom. The molecule has 1 N–H and O–H groups in total. The van der Waals surface area contributed by atoms with E-state index in [2.05, 4.69) is 0 Å². The lowest BCUT2D eigenvalue weighted by atomic mass is 10.1. The Morgan fingerprint density at radius 3 is 1.00 bits per heavy atom. The van der Waals surface area contributed by atoms with Crippen LogP contribution in [0.3, 0.4) is 0 Å². The molecular weight excluding hydrogens is 889 g/mol. The van der Waals surface area contributed by atoms with Gasteiger partial charge in [-0.25, -0.2) is 25.3 Å². The van der Waals surface area contributed by atoms with E-state index < -0.39 is 55.2 Å². The summed E-state index contributed by atoms with van der Waals surface area (Å²) in [4.78, 5) is -1.32. The highest BCUT2D eigenvalue weighted by molar-refractivity contribution is 7.92. The molecule has 332 valence electrons. The Bertz CT molecular complexity index is 3190. The zero-order valence-electron chi connectivity index (χ0n) is 36.1. The van der Waals surface area contributed by atoms with Crippen molar-refractivity contribution in [2.75, 3.05) is 14.2 Å². The fraction of sp³-hybridized carbons (Fsp3) is 0.217. The Morgan fingerprint density at radius 1 is 0.365 bits per heavy atom. The lowest BCUT2D eigenvalue weighted by molar-refractivity contribution is 0.408. The van der Waals surface area contributed by atoms with E-state index in [-0.39, 0.29) is 36.0 Å². The summed E-state index contributed by atoms with van der Waals surface area (Å²) in [7, 11) is -14.4. The van der Waals surface area contributed by atoms with Gasteiger partial charge >= 0.3 is 0 Å². The highest BCUT2D eigenvalue weighted by Gasteiger charge is 2.28. The molecule has 0 unspecified atom stereocenters. The second-order valence-electron chi connectivity index (χ2n) is 15.2. The predicted octanol–water partition coefficient (Wildman–Crippen LogP) is 9.50. The molecule has 0 amide bonds. The molecule has 6 aromatic carbocycles. The predicted molar refractivity (Wildman–Crippen MR) is 236 cm³/mol. The molecule has 0 aromatic heterocycles.